The van der Waals surface area contributed by atoms with Crippen LogP contribution in [0.2, 0.25) is 5.02 Å². The molecular weight excluding hydrogens is 320 g/mol. The number of carbonyl (C=O) groups is 2. The van der Waals surface area contributed by atoms with Gasteiger partial charge in [-0.3, -0.25) is 0 Å². The maximum absolute atomic E-state index is 11.9. The Morgan fingerprint density at radius 3 is 2.39 bits per heavy atom. The van der Waals surface area contributed by atoms with Gasteiger partial charge in [-0.25, -0.2) is 9.59 Å². The van der Waals surface area contributed by atoms with E-state index in [9.17, 15) is 9.59 Å². The summed E-state index contributed by atoms with van der Waals surface area (Å²) in [5.41, 5.74) is 1.04. The van der Waals surface area contributed by atoms with E-state index in [4.69, 9.17) is 16.3 Å². The minimum atomic E-state index is -0.773. The van der Waals surface area contributed by atoms with Gasteiger partial charge in [0.2, 0.25) is 0 Å². The van der Waals surface area contributed by atoms with Crippen LogP contribution in [-0.2, 0) is 4.74 Å². The van der Waals surface area contributed by atoms with Gasteiger partial charge in [0, 0.05) is 5.69 Å². The summed E-state index contributed by atoms with van der Waals surface area (Å²) in [4.78, 5) is 23.1. The predicted molar refractivity (Wildman–Crippen MR) is 88.2 cm³/mol. The maximum Gasteiger partial charge on any atom is 0.513 e. The van der Waals surface area contributed by atoms with Crippen LogP contribution in [0.1, 0.15) is 6.92 Å². The fourth-order valence-electron chi connectivity index (χ4n) is 1.70. The zero-order valence-corrected chi connectivity index (χ0v) is 13.1. The highest BCUT2D eigenvalue weighted by atomic mass is 35.5. The molecule has 23 heavy (non-hydrogen) atoms. The number of para-hydroxylation sites is 1. The summed E-state index contributed by atoms with van der Waals surface area (Å²) >= 11 is 5.96. The van der Waals surface area contributed by atoms with Gasteiger partial charge in [0.05, 0.1) is 17.3 Å². The Labute approximate surface area is 138 Å². The van der Waals surface area contributed by atoms with Crippen molar-refractivity contribution in [2.24, 2.45) is 0 Å². The fourth-order valence-corrected chi connectivity index (χ4v) is 1.88. The Bertz CT molecular complexity index is 689. The molecule has 0 aliphatic heterocycles. The highest BCUT2D eigenvalue weighted by molar-refractivity contribution is 6.33. The molecule has 0 spiro atoms. The number of carbonyl (C=O) groups excluding carboxylic acids is 2. The Balaban J connectivity index is 1.91. The van der Waals surface area contributed by atoms with Crippen molar-refractivity contribution in [2.75, 3.05) is 17.2 Å². The number of hydrogen-bond donors (Lipinski definition) is 2. The standard InChI is InChI=1S/C16H15ClN2O4/c1-2-22-16(21)23-12-9-7-11(8-10-12)18-15(20)19-14-6-4-3-5-13(14)17/h3-10H,2H2,1H3,(H2,18,19,20). The molecule has 0 aliphatic rings. The van der Waals surface area contributed by atoms with Crippen LogP contribution >= 0.6 is 11.6 Å². The number of anilines is 2. The molecule has 0 aromatic heterocycles. The van der Waals surface area contributed by atoms with Crippen molar-refractivity contribution < 1.29 is 19.1 Å². The SMILES string of the molecule is CCOC(=O)Oc1ccc(NC(=O)Nc2ccccc2Cl)cc1. The van der Waals surface area contributed by atoms with Crippen LogP contribution in [0.15, 0.2) is 48.5 Å². The van der Waals surface area contributed by atoms with E-state index in [1.807, 2.05) is 0 Å². The van der Waals surface area contributed by atoms with E-state index in [1.54, 1.807) is 55.5 Å². The molecule has 0 radical (unpaired) electrons. The highest BCUT2D eigenvalue weighted by Crippen LogP contribution is 2.21. The summed E-state index contributed by atoms with van der Waals surface area (Å²) < 4.78 is 9.58. The van der Waals surface area contributed by atoms with E-state index in [0.29, 0.717) is 22.1 Å². The molecule has 2 amide bonds. The number of benzene rings is 2. The largest absolute Gasteiger partial charge is 0.513 e. The molecule has 2 N–H and O–H groups in total. The molecule has 2 rings (SSSR count). The lowest BCUT2D eigenvalue weighted by molar-refractivity contribution is 0.104. The molecule has 2 aromatic rings. The van der Waals surface area contributed by atoms with Crippen LogP contribution in [0.4, 0.5) is 21.0 Å². The maximum atomic E-state index is 11.9. The second-order valence-corrected chi connectivity index (χ2v) is 4.78. The number of ether oxygens (including phenoxy) is 2. The summed E-state index contributed by atoms with van der Waals surface area (Å²) in [5.74, 6) is 0.320. The van der Waals surface area contributed by atoms with Gasteiger partial charge in [0.1, 0.15) is 5.75 Å². The molecule has 0 bridgehead atoms. The first-order valence-electron chi connectivity index (χ1n) is 6.85. The monoisotopic (exact) mass is 334 g/mol. The van der Waals surface area contributed by atoms with Gasteiger partial charge in [-0.15, -0.1) is 0 Å². The van der Waals surface area contributed by atoms with Crippen molar-refractivity contribution in [2.45, 2.75) is 6.92 Å². The molecule has 0 heterocycles. The second kappa shape index (κ2) is 8.05. The van der Waals surface area contributed by atoms with E-state index in [-0.39, 0.29) is 6.61 Å². The zero-order valence-electron chi connectivity index (χ0n) is 12.3. The number of halogens is 1. The molecule has 0 saturated carbocycles. The van der Waals surface area contributed by atoms with Crippen molar-refractivity contribution in [3.63, 3.8) is 0 Å². The summed E-state index contributed by atoms with van der Waals surface area (Å²) in [6.07, 6.45) is -0.773. The average molecular weight is 335 g/mol. The number of amides is 2. The molecule has 6 nitrogen and oxygen atoms in total. The van der Waals surface area contributed by atoms with Crippen LogP contribution < -0.4 is 15.4 Å². The van der Waals surface area contributed by atoms with E-state index in [0.717, 1.165) is 0 Å². The zero-order chi connectivity index (χ0) is 16.7. The lowest BCUT2D eigenvalue weighted by atomic mass is 10.3. The minimum Gasteiger partial charge on any atom is -0.434 e. The second-order valence-electron chi connectivity index (χ2n) is 4.37. The van der Waals surface area contributed by atoms with Gasteiger partial charge in [-0.1, -0.05) is 23.7 Å². The smallest absolute Gasteiger partial charge is 0.434 e. The number of nitrogens with one attached hydrogen (secondary N) is 2. The van der Waals surface area contributed by atoms with Crippen molar-refractivity contribution in [3.05, 3.63) is 53.6 Å². The summed E-state index contributed by atoms with van der Waals surface area (Å²) in [6, 6.07) is 12.8. The fraction of sp³-hybridized carbons (Fsp3) is 0.125. The lowest BCUT2D eigenvalue weighted by Gasteiger charge is -2.09. The van der Waals surface area contributed by atoms with E-state index < -0.39 is 12.2 Å². The Kier molecular flexibility index (Phi) is 5.82. The van der Waals surface area contributed by atoms with Gasteiger partial charge in [-0.2, -0.15) is 0 Å². The Morgan fingerprint density at radius 2 is 1.74 bits per heavy atom. The first kappa shape index (κ1) is 16.6. The third-order valence-corrected chi connectivity index (χ3v) is 3.03. The molecule has 2 aromatic carbocycles. The van der Waals surface area contributed by atoms with Gasteiger partial charge < -0.3 is 20.1 Å². The van der Waals surface area contributed by atoms with Gasteiger partial charge in [-0.05, 0) is 43.3 Å². The van der Waals surface area contributed by atoms with Crippen molar-refractivity contribution in [1.82, 2.24) is 0 Å². The van der Waals surface area contributed by atoms with Crippen LogP contribution in [0.25, 0.3) is 0 Å². The molecular formula is C16H15ClN2O4. The normalized spacial score (nSPS) is 9.83. The van der Waals surface area contributed by atoms with E-state index in [2.05, 4.69) is 15.4 Å². The number of hydrogen-bond acceptors (Lipinski definition) is 4. The highest BCUT2D eigenvalue weighted by Gasteiger charge is 2.07. The van der Waals surface area contributed by atoms with Crippen LogP contribution in [0, 0.1) is 0 Å². The summed E-state index contributed by atoms with van der Waals surface area (Å²) in [5, 5.41) is 5.72. The molecule has 0 saturated heterocycles. The molecule has 120 valence electrons. The molecule has 0 aliphatic carbocycles. The Hall–Kier alpha value is -2.73. The van der Waals surface area contributed by atoms with Crippen molar-refractivity contribution >= 4 is 35.2 Å². The first-order valence-corrected chi connectivity index (χ1v) is 7.23. The number of rotatable bonds is 4. The molecule has 7 heteroatoms. The quantitative estimate of drug-likeness (QED) is 0.636. The topological polar surface area (TPSA) is 76.7 Å². The summed E-state index contributed by atoms with van der Waals surface area (Å²) in [6.45, 7) is 1.92. The van der Waals surface area contributed by atoms with Crippen LogP contribution in [0.5, 0.6) is 5.75 Å². The summed E-state index contributed by atoms with van der Waals surface area (Å²) in [7, 11) is 0. The van der Waals surface area contributed by atoms with E-state index in [1.165, 1.54) is 0 Å². The average Bonchev–Trinajstić information content (AvgIpc) is 2.52. The molecule has 0 unspecified atom stereocenters. The predicted octanol–water partition coefficient (Wildman–Crippen LogP) is 4.52. The van der Waals surface area contributed by atoms with Gasteiger partial charge in [0.25, 0.3) is 0 Å². The van der Waals surface area contributed by atoms with Gasteiger partial charge >= 0.3 is 12.2 Å². The van der Waals surface area contributed by atoms with Crippen LogP contribution in [-0.4, -0.2) is 18.8 Å². The third kappa shape index (κ3) is 5.19. The van der Waals surface area contributed by atoms with E-state index >= 15 is 0 Å². The van der Waals surface area contributed by atoms with Gasteiger partial charge in [0.15, 0.2) is 0 Å². The lowest BCUT2D eigenvalue weighted by Crippen LogP contribution is -2.19. The minimum absolute atomic E-state index is 0.237. The van der Waals surface area contributed by atoms with Crippen molar-refractivity contribution in [1.29, 1.82) is 0 Å². The van der Waals surface area contributed by atoms with Crippen molar-refractivity contribution in [3.8, 4) is 5.75 Å². The molecule has 0 atom stereocenters. The van der Waals surface area contributed by atoms with Crippen LogP contribution in [0.3, 0.4) is 0 Å². The molecule has 0 fully saturated rings. The first-order chi connectivity index (χ1) is 11.1. The third-order valence-electron chi connectivity index (χ3n) is 2.70. The Morgan fingerprint density at radius 1 is 1.04 bits per heavy atom. The number of urea groups is 1.